The molecule has 0 amide bonds. The average Bonchev–Trinajstić information content (AvgIpc) is 2.87. The number of rotatable bonds is 15. The molecule has 0 aliphatic heterocycles. The van der Waals surface area contributed by atoms with Crippen molar-refractivity contribution in [3.63, 3.8) is 0 Å². The van der Waals surface area contributed by atoms with Crippen LogP contribution in [0.5, 0.6) is 0 Å². The molecule has 34 heavy (non-hydrogen) atoms. The summed E-state index contributed by atoms with van der Waals surface area (Å²) in [6.07, 6.45) is 15.3. The van der Waals surface area contributed by atoms with E-state index in [-0.39, 0.29) is 0 Å². The Morgan fingerprint density at radius 2 is 0.706 bits per heavy atom. The zero-order valence-electron chi connectivity index (χ0n) is 21.9. The first-order valence-corrected chi connectivity index (χ1v) is 16.6. The molecule has 1 heteroatoms. The van der Waals surface area contributed by atoms with E-state index >= 15 is 0 Å². The van der Waals surface area contributed by atoms with Gasteiger partial charge in [-0.3, -0.25) is 0 Å². The summed E-state index contributed by atoms with van der Waals surface area (Å²) in [5, 5.41) is 0. The van der Waals surface area contributed by atoms with Crippen LogP contribution < -0.4 is 13.1 Å². The second kappa shape index (κ2) is 15.3. The molecule has 0 bridgehead atoms. The molecule has 3 aromatic rings. The monoisotopic (exact) mass is 516 g/mol. The quantitative estimate of drug-likeness (QED) is 0.146. The van der Waals surface area contributed by atoms with Gasteiger partial charge >= 0.3 is 215 Å². The van der Waals surface area contributed by atoms with E-state index in [1.807, 2.05) is 0 Å². The maximum atomic E-state index is 2.48. The number of hydrogen-bond donors (Lipinski definition) is 0. The van der Waals surface area contributed by atoms with Gasteiger partial charge in [-0.2, -0.15) is 0 Å². The average molecular weight is 517 g/mol. The summed E-state index contributed by atoms with van der Waals surface area (Å²) in [5.74, 6) is 0. The van der Waals surface area contributed by atoms with Crippen LogP contribution in [-0.2, 0) is 19.3 Å². The van der Waals surface area contributed by atoms with E-state index in [0.29, 0.717) is 0 Å². The summed E-state index contributed by atoms with van der Waals surface area (Å²) < 4.78 is 4.99. The van der Waals surface area contributed by atoms with Crippen molar-refractivity contribution in [3.8, 4) is 0 Å². The molecule has 0 nitrogen and oxygen atoms in total. The summed E-state index contributed by atoms with van der Waals surface area (Å²) in [7, 11) is 0. The van der Waals surface area contributed by atoms with Gasteiger partial charge in [-0.25, -0.2) is 0 Å². The van der Waals surface area contributed by atoms with E-state index < -0.39 is 14.7 Å². The van der Waals surface area contributed by atoms with Crippen LogP contribution in [0.15, 0.2) is 72.8 Å². The Kier molecular flexibility index (Phi) is 12.0. The molecular weight excluding hydrogens is 471 g/mol. The second-order valence-corrected chi connectivity index (χ2v) is 14.0. The van der Waals surface area contributed by atoms with E-state index in [9.17, 15) is 0 Å². The first kappa shape index (κ1) is 26.8. The second-order valence-electron chi connectivity index (χ2n) is 9.59. The zero-order valence-corrected chi connectivity index (χ0v) is 23.7. The van der Waals surface area contributed by atoms with Gasteiger partial charge in [0.1, 0.15) is 0 Å². The minimum absolute atomic E-state index is 1.21. The number of unbranched alkanes of at least 4 members (excludes halogenated alkanes) is 6. The molecule has 0 atom stereocenters. The normalized spacial score (nSPS) is 11.3. The van der Waals surface area contributed by atoms with Crippen LogP contribution in [-0.4, -0.2) is 14.7 Å². The summed E-state index contributed by atoms with van der Waals surface area (Å²) >= 11 is -1.68. The summed E-state index contributed by atoms with van der Waals surface area (Å²) in [6.45, 7) is 6.93. The van der Waals surface area contributed by atoms with Crippen molar-refractivity contribution in [3.05, 3.63) is 89.5 Å². The van der Waals surface area contributed by atoms with Crippen LogP contribution in [0.4, 0.5) is 0 Å². The van der Waals surface area contributed by atoms with Gasteiger partial charge in [-0.15, -0.1) is 0 Å². The molecule has 0 spiro atoms. The van der Waals surface area contributed by atoms with E-state index in [0.717, 1.165) is 0 Å². The SMILES string of the molecule is CCCCCc1ccccc1[As](c1ccccc1CCCCC)c1ccccc1CCCCC. The van der Waals surface area contributed by atoms with Gasteiger partial charge < -0.3 is 0 Å². The zero-order chi connectivity index (χ0) is 24.0. The summed E-state index contributed by atoms with van der Waals surface area (Å²) in [6, 6.07) is 28.4. The fourth-order valence-corrected chi connectivity index (χ4v) is 11.0. The van der Waals surface area contributed by atoms with Gasteiger partial charge in [0.05, 0.1) is 0 Å². The Bertz CT molecular complexity index is 846. The fraction of sp³-hybridized carbons (Fsp3) is 0.455. The third kappa shape index (κ3) is 7.61. The van der Waals surface area contributed by atoms with Crippen molar-refractivity contribution in [1.29, 1.82) is 0 Å². The standard InChI is InChI=1S/C33H45As/c1-4-7-10-19-28-22-13-16-25-31(28)34(32-26-17-14-23-29(32)20-11-8-5-2)33-27-18-15-24-30(33)21-12-9-6-3/h13-18,22-27H,4-12,19-21H2,1-3H3. The fourth-order valence-electron chi connectivity index (χ4n) is 4.91. The van der Waals surface area contributed by atoms with Gasteiger partial charge in [0, 0.05) is 0 Å². The van der Waals surface area contributed by atoms with Gasteiger partial charge in [-0.05, 0) is 0 Å². The maximum absolute atomic E-state index is 2.48. The number of benzene rings is 3. The van der Waals surface area contributed by atoms with Crippen LogP contribution >= 0.6 is 0 Å². The predicted octanol–water partition coefficient (Wildman–Crippen LogP) is 7.40. The molecule has 0 radical (unpaired) electrons. The molecule has 0 aliphatic rings. The molecule has 0 aliphatic carbocycles. The van der Waals surface area contributed by atoms with Crippen molar-refractivity contribution in [2.45, 2.75) is 97.8 Å². The van der Waals surface area contributed by atoms with E-state index in [2.05, 4.69) is 93.6 Å². The molecule has 0 heterocycles. The Labute approximate surface area is 214 Å². The van der Waals surface area contributed by atoms with Crippen molar-refractivity contribution in [2.24, 2.45) is 0 Å². The molecule has 3 rings (SSSR count). The van der Waals surface area contributed by atoms with E-state index in [1.165, 1.54) is 77.0 Å². The molecule has 0 N–H and O–H groups in total. The first-order chi connectivity index (χ1) is 16.8. The third-order valence-electron chi connectivity index (χ3n) is 6.85. The molecule has 0 unspecified atom stereocenters. The summed E-state index contributed by atoms with van der Waals surface area (Å²) in [5.41, 5.74) is 4.80. The van der Waals surface area contributed by atoms with Crippen LogP contribution in [0.2, 0.25) is 0 Å². The van der Waals surface area contributed by atoms with Crippen LogP contribution in [0.1, 0.15) is 95.2 Å². The van der Waals surface area contributed by atoms with Gasteiger partial charge in [0.25, 0.3) is 0 Å². The van der Waals surface area contributed by atoms with Crippen LogP contribution in [0.25, 0.3) is 0 Å². The van der Waals surface area contributed by atoms with Gasteiger partial charge in [0.15, 0.2) is 0 Å². The Morgan fingerprint density at radius 3 is 1.00 bits per heavy atom. The minimum atomic E-state index is -1.68. The van der Waals surface area contributed by atoms with Gasteiger partial charge in [-0.1, -0.05) is 0 Å². The van der Waals surface area contributed by atoms with Crippen LogP contribution in [0, 0.1) is 0 Å². The van der Waals surface area contributed by atoms with Crippen molar-refractivity contribution in [2.75, 3.05) is 0 Å². The molecule has 0 saturated heterocycles. The van der Waals surface area contributed by atoms with Gasteiger partial charge in [0.2, 0.25) is 0 Å². The van der Waals surface area contributed by atoms with Crippen molar-refractivity contribution < 1.29 is 0 Å². The summed E-state index contributed by atoms with van der Waals surface area (Å²) in [4.78, 5) is 0. The molecule has 3 aromatic carbocycles. The topological polar surface area (TPSA) is 0 Å². The van der Waals surface area contributed by atoms with E-state index in [4.69, 9.17) is 0 Å². The Balaban J connectivity index is 2.11. The molecule has 0 fully saturated rings. The predicted molar refractivity (Wildman–Crippen MR) is 154 cm³/mol. The first-order valence-electron chi connectivity index (χ1n) is 13.8. The Hall–Kier alpha value is -1.78. The molecule has 182 valence electrons. The third-order valence-corrected chi connectivity index (χ3v) is 12.6. The van der Waals surface area contributed by atoms with Crippen molar-refractivity contribution in [1.82, 2.24) is 0 Å². The van der Waals surface area contributed by atoms with Crippen molar-refractivity contribution >= 4 is 27.7 Å². The Morgan fingerprint density at radius 1 is 0.412 bits per heavy atom. The molecule has 0 saturated carbocycles. The number of hydrogen-bond acceptors (Lipinski definition) is 0. The van der Waals surface area contributed by atoms with Crippen LogP contribution in [0.3, 0.4) is 0 Å². The molecule has 0 aromatic heterocycles. The number of aryl methyl sites for hydroxylation is 3. The van der Waals surface area contributed by atoms with E-state index in [1.54, 1.807) is 29.7 Å². The molecular formula is C33H45As.